The maximum absolute atomic E-state index is 11.8. The van der Waals surface area contributed by atoms with E-state index < -0.39 is 0 Å². The van der Waals surface area contributed by atoms with E-state index in [1.165, 1.54) is 37.1 Å². The van der Waals surface area contributed by atoms with E-state index in [-0.39, 0.29) is 29.9 Å². The Hall–Kier alpha value is -2.13. The van der Waals surface area contributed by atoms with Gasteiger partial charge in [-0.05, 0) is 74.0 Å². The van der Waals surface area contributed by atoms with Crippen molar-refractivity contribution in [3.8, 4) is 0 Å². The number of carbonyl (C=O) groups excluding carboxylic acids is 1. The zero-order chi connectivity index (χ0) is 23.5. The molecule has 0 saturated carbocycles. The number of nitrogens with one attached hydrogen (secondary N) is 3. The molecule has 1 saturated heterocycles. The third-order valence-electron chi connectivity index (χ3n) is 6.16. The van der Waals surface area contributed by atoms with E-state index in [9.17, 15) is 4.79 Å². The van der Waals surface area contributed by atoms with Crippen LogP contribution < -0.4 is 16.0 Å². The molecule has 34 heavy (non-hydrogen) atoms. The van der Waals surface area contributed by atoms with Gasteiger partial charge in [-0.25, -0.2) is 4.99 Å². The highest BCUT2D eigenvalue weighted by molar-refractivity contribution is 14.0. The molecular weight excluding hydrogens is 537 g/mol. The van der Waals surface area contributed by atoms with Gasteiger partial charge in [0.1, 0.15) is 0 Å². The molecule has 2 aromatic rings. The molecule has 0 unspecified atom stereocenters. The molecule has 1 aliphatic heterocycles. The number of likely N-dealkylation sites (tertiary alicyclic amines) is 1. The minimum absolute atomic E-state index is 0. The van der Waals surface area contributed by atoms with E-state index in [0.717, 1.165) is 43.5 Å². The number of benzene rings is 2. The second kappa shape index (κ2) is 15.0. The lowest BCUT2D eigenvalue weighted by atomic mass is 9.98. The summed E-state index contributed by atoms with van der Waals surface area (Å²) in [7, 11) is 1.65. The van der Waals surface area contributed by atoms with Gasteiger partial charge in [0.25, 0.3) is 5.91 Å². The average molecular weight is 578 g/mol. The van der Waals surface area contributed by atoms with Crippen molar-refractivity contribution in [1.82, 2.24) is 20.9 Å². The van der Waals surface area contributed by atoms with E-state index in [4.69, 9.17) is 4.99 Å². The Kier molecular flexibility index (Phi) is 12.4. The summed E-state index contributed by atoms with van der Waals surface area (Å²) in [4.78, 5) is 19.2. The lowest BCUT2D eigenvalue weighted by Gasteiger charge is -2.30. The Balaban J connectivity index is 0.00000408. The van der Waals surface area contributed by atoms with E-state index in [1.54, 1.807) is 7.05 Å². The van der Waals surface area contributed by atoms with Crippen LogP contribution in [0.25, 0.3) is 0 Å². The van der Waals surface area contributed by atoms with E-state index in [1.807, 2.05) is 24.3 Å². The van der Waals surface area contributed by atoms with Crippen molar-refractivity contribution in [2.24, 2.45) is 10.9 Å². The minimum atomic E-state index is -0.0585. The summed E-state index contributed by atoms with van der Waals surface area (Å²) in [5, 5.41) is 9.42. The van der Waals surface area contributed by atoms with Gasteiger partial charge in [-0.3, -0.25) is 9.69 Å². The van der Waals surface area contributed by atoms with E-state index in [0.29, 0.717) is 12.1 Å². The fraction of sp³-hybridized carbons (Fsp3) is 0.481. The molecule has 6 nitrogen and oxygen atoms in total. The van der Waals surface area contributed by atoms with Gasteiger partial charge >= 0.3 is 0 Å². The predicted octanol–water partition coefficient (Wildman–Crippen LogP) is 4.19. The van der Waals surface area contributed by atoms with Crippen molar-refractivity contribution >= 4 is 35.8 Å². The Labute approximate surface area is 222 Å². The van der Waals surface area contributed by atoms with Crippen LogP contribution in [-0.2, 0) is 19.5 Å². The van der Waals surface area contributed by atoms with Gasteiger partial charge in [0.15, 0.2) is 5.96 Å². The SMILES string of the molecule is CCNC(=NCc1cccc(CN2CCC(C)CC2)c1)NCCc1cccc(C(=O)NC)c1.I. The monoisotopic (exact) mass is 577 g/mol. The number of hydrogen-bond acceptors (Lipinski definition) is 3. The normalized spacial score (nSPS) is 14.9. The molecule has 1 heterocycles. The zero-order valence-corrected chi connectivity index (χ0v) is 23.1. The fourth-order valence-corrected chi connectivity index (χ4v) is 4.15. The second-order valence-electron chi connectivity index (χ2n) is 8.93. The third kappa shape index (κ3) is 9.25. The van der Waals surface area contributed by atoms with Crippen LogP contribution in [0.4, 0.5) is 0 Å². The molecule has 3 rings (SSSR count). The van der Waals surface area contributed by atoms with Gasteiger partial charge in [0.05, 0.1) is 6.54 Å². The molecule has 0 spiro atoms. The maximum atomic E-state index is 11.8. The van der Waals surface area contributed by atoms with Crippen molar-refractivity contribution in [1.29, 1.82) is 0 Å². The van der Waals surface area contributed by atoms with Gasteiger partial charge in [-0.15, -0.1) is 24.0 Å². The van der Waals surface area contributed by atoms with Gasteiger partial charge in [-0.1, -0.05) is 43.3 Å². The molecule has 1 aliphatic rings. The van der Waals surface area contributed by atoms with E-state index in [2.05, 4.69) is 59.0 Å². The Morgan fingerprint density at radius 2 is 1.74 bits per heavy atom. The number of nitrogens with zero attached hydrogens (tertiary/aromatic N) is 2. The second-order valence-corrected chi connectivity index (χ2v) is 8.93. The summed E-state index contributed by atoms with van der Waals surface area (Å²) < 4.78 is 0. The molecule has 0 atom stereocenters. The molecule has 3 N–H and O–H groups in total. The largest absolute Gasteiger partial charge is 0.357 e. The summed E-state index contributed by atoms with van der Waals surface area (Å²) in [5.74, 6) is 1.62. The number of aliphatic imine (C=N–C) groups is 1. The van der Waals surface area contributed by atoms with Crippen LogP contribution in [0, 0.1) is 5.92 Å². The van der Waals surface area contributed by atoms with Crippen molar-refractivity contribution < 1.29 is 4.79 Å². The number of hydrogen-bond donors (Lipinski definition) is 3. The Bertz CT molecular complexity index is 925. The van der Waals surface area contributed by atoms with Crippen LogP contribution >= 0.6 is 24.0 Å². The maximum Gasteiger partial charge on any atom is 0.251 e. The molecule has 1 amide bonds. The van der Waals surface area contributed by atoms with Gasteiger partial charge < -0.3 is 16.0 Å². The van der Waals surface area contributed by atoms with Crippen molar-refractivity contribution in [3.05, 3.63) is 70.8 Å². The number of piperidine rings is 1. The summed E-state index contributed by atoms with van der Waals surface area (Å²) in [5.41, 5.74) is 4.41. The Morgan fingerprint density at radius 3 is 2.47 bits per heavy atom. The predicted molar refractivity (Wildman–Crippen MR) is 152 cm³/mol. The van der Waals surface area contributed by atoms with Crippen LogP contribution in [0.15, 0.2) is 53.5 Å². The highest BCUT2D eigenvalue weighted by atomic mass is 127. The first-order valence-corrected chi connectivity index (χ1v) is 12.2. The minimum Gasteiger partial charge on any atom is -0.357 e. The first-order valence-electron chi connectivity index (χ1n) is 12.2. The fourth-order valence-electron chi connectivity index (χ4n) is 4.15. The molecule has 2 aromatic carbocycles. The summed E-state index contributed by atoms with van der Waals surface area (Å²) >= 11 is 0. The van der Waals surface area contributed by atoms with Crippen LogP contribution in [0.1, 0.15) is 53.7 Å². The highest BCUT2D eigenvalue weighted by Crippen LogP contribution is 2.18. The van der Waals surface area contributed by atoms with Crippen molar-refractivity contribution in [3.63, 3.8) is 0 Å². The first kappa shape index (κ1) is 28.1. The molecule has 0 bridgehead atoms. The van der Waals surface area contributed by atoms with Gasteiger partial charge in [-0.2, -0.15) is 0 Å². The molecule has 0 radical (unpaired) electrons. The van der Waals surface area contributed by atoms with Crippen LogP contribution in [0.2, 0.25) is 0 Å². The van der Waals surface area contributed by atoms with Gasteiger partial charge in [0, 0.05) is 32.2 Å². The lowest BCUT2D eigenvalue weighted by Crippen LogP contribution is -2.38. The topological polar surface area (TPSA) is 68.8 Å². The van der Waals surface area contributed by atoms with Crippen LogP contribution in [-0.4, -0.2) is 50.0 Å². The lowest BCUT2D eigenvalue weighted by molar-refractivity contribution is 0.0963. The molecule has 0 aliphatic carbocycles. The standard InChI is InChI=1S/C27H39N5O.HI/c1-4-29-27(30-14-11-22-7-6-10-25(18-22)26(33)28-3)31-19-23-8-5-9-24(17-23)20-32-15-12-21(2)13-16-32;/h5-10,17-18,21H,4,11-16,19-20H2,1-3H3,(H,28,33)(H2,29,30,31);1H. The van der Waals surface area contributed by atoms with Crippen molar-refractivity contribution in [2.45, 2.75) is 46.2 Å². The molecule has 1 fully saturated rings. The number of guanidine groups is 1. The summed E-state index contributed by atoms with van der Waals surface area (Å²) in [6.45, 7) is 10.1. The molecule has 7 heteroatoms. The third-order valence-corrected chi connectivity index (χ3v) is 6.16. The van der Waals surface area contributed by atoms with Crippen LogP contribution in [0.3, 0.4) is 0 Å². The van der Waals surface area contributed by atoms with Crippen LogP contribution in [0.5, 0.6) is 0 Å². The number of amides is 1. The quantitative estimate of drug-likeness (QED) is 0.238. The molecule has 0 aromatic heterocycles. The molecule has 186 valence electrons. The smallest absolute Gasteiger partial charge is 0.251 e. The summed E-state index contributed by atoms with van der Waals surface area (Å²) in [6, 6.07) is 16.6. The Morgan fingerprint density at radius 1 is 1.03 bits per heavy atom. The first-order chi connectivity index (χ1) is 16.1. The number of rotatable bonds is 9. The summed E-state index contributed by atoms with van der Waals surface area (Å²) in [6.07, 6.45) is 3.43. The number of carbonyl (C=O) groups is 1. The average Bonchev–Trinajstić information content (AvgIpc) is 2.84. The highest BCUT2D eigenvalue weighted by Gasteiger charge is 2.15. The number of halogens is 1. The molecular formula is C27H40IN5O. The zero-order valence-electron chi connectivity index (χ0n) is 20.8. The van der Waals surface area contributed by atoms with Crippen molar-refractivity contribution in [2.75, 3.05) is 33.2 Å². The van der Waals surface area contributed by atoms with Gasteiger partial charge in [0.2, 0.25) is 0 Å². The van der Waals surface area contributed by atoms with E-state index >= 15 is 0 Å².